The minimum Gasteiger partial charge on any atom is -0.387 e. The number of allylic oxidation sites excluding steroid dienone is 7. The second-order valence-corrected chi connectivity index (χ2v) is 21.4. The molecule has 0 rings (SSSR count). The van der Waals surface area contributed by atoms with E-state index in [4.69, 9.17) is 9.05 Å². The maximum absolute atomic E-state index is 13.0. The quantitative estimate of drug-likeness (QED) is 0.0243. The van der Waals surface area contributed by atoms with E-state index in [2.05, 4.69) is 55.6 Å². The average molecular weight is 936 g/mol. The van der Waals surface area contributed by atoms with Gasteiger partial charge in [0.05, 0.1) is 39.9 Å². The molecule has 0 saturated carbocycles. The van der Waals surface area contributed by atoms with Crippen LogP contribution in [0.5, 0.6) is 0 Å². The van der Waals surface area contributed by atoms with Crippen molar-refractivity contribution in [3.63, 3.8) is 0 Å². The Balaban J connectivity index is 4.26. The van der Waals surface area contributed by atoms with Gasteiger partial charge in [0.25, 0.3) is 0 Å². The molecule has 1 amide bonds. The third-order valence-corrected chi connectivity index (χ3v) is 13.3. The summed E-state index contributed by atoms with van der Waals surface area (Å²) in [7, 11) is 1.56. The summed E-state index contributed by atoms with van der Waals surface area (Å²) >= 11 is 0. The zero-order chi connectivity index (χ0) is 47.8. The number of nitrogens with zero attached hydrogens (tertiary/aromatic N) is 1. The van der Waals surface area contributed by atoms with Gasteiger partial charge in [0.1, 0.15) is 13.2 Å². The molecule has 0 bridgehead atoms. The van der Waals surface area contributed by atoms with Crippen molar-refractivity contribution < 1.29 is 32.9 Å². The molecule has 382 valence electrons. The molecule has 3 unspecified atom stereocenters. The predicted molar refractivity (Wildman–Crippen MR) is 281 cm³/mol. The summed E-state index contributed by atoms with van der Waals surface area (Å²) in [5.41, 5.74) is 0. The first-order chi connectivity index (χ1) is 31.5. The van der Waals surface area contributed by atoms with Crippen LogP contribution in [0.25, 0.3) is 0 Å². The molecule has 0 saturated heterocycles. The van der Waals surface area contributed by atoms with Gasteiger partial charge in [0, 0.05) is 6.42 Å². The second kappa shape index (κ2) is 47.5. The van der Waals surface area contributed by atoms with Crippen LogP contribution >= 0.6 is 7.82 Å². The number of quaternary nitrogens is 1. The molecule has 9 heteroatoms. The molecule has 0 aromatic heterocycles. The molecular weight excluding hydrogens is 828 g/mol. The van der Waals surface area contributed by atoms with Crippen LogP contribution in [-0.4, -0.2) is 73.4 Å². The molecule has 0 aliphatic heterocycles. The first kappa shape index (κ1) is 63.5. The van der Waals surface area contributed by atoms with E-state index >= 15 is 0 Å². The van der Waals surface area contributed by atoms with Crippen molar-refractivity contribution in [2.24, 2.45) is 0 Å². The smallest absolute Gasteiger partial charge is 0.387 e. The van der Waals surface area contributed by atoms with Crippen molar-refractivity contribution in [1.29, 1.82) is 0 Å². The van der Waals surface area contributed by atoms with E-state index in [9.17, 15) is 19.4 Å². The molecule has 3 atom stereocenters. The molecule has 0 spiro atoms. The number of hydrogen-bond acceptors (Lipinski definition) is 5. The average Bonchev–Trinajstić information content (AvgIpc) is 3.26. The fourth-order valence-electron chi connectivity index (χ4n) is 7.91. The number of hydrogen-bond donors (Lipinski definition) is 3. The van der Waals surface area contributed by atoms with Gasteiger partial charge in [-0.1, -0.05) is 229 Å². The molecule has 0 aromatic rings. The van der Waals surface area contributed by atoms with E-state index < -0.39 is 20.0 Å². The van der Waals surface area contributed by atoms with Crippen LogP contribution in [0.15, 0.2) is 48.6 Å². The van der Waals surface area contributed by atoms with Gasteiger partial charge >= 0.3 is 7.82 Å². The minimum atomic E-state index is -4.35. The molecule has 0 aromatic carbocycles. The van der Waals surface area contributed by atoms with Gasteiger partial charge in [-0.2, -0.15) is 0 Å². The van der Waals surface area contributed by atoms with E-state index in [1.165, 1.54) is 186 Å². The van der Waals surface area contributed by atoms with Crippen LogP contribution in [0.2, 0.25) is 0 Å². The summed E-state index contributed by atoms with van der Waals surface area (Å²) in [6.45, 7) is 4.80. The second-order valence-electron chi connectivity index (χ2n) is 19.9. The summed E-state index contributed by atoms with van der Waals surface area (Å²) < 4.78 is 23.7. The van der Waals surface area contributed by atoms with Gasteiger partial charge in [-0.25, -0.2) is 4.57 Å². The Morgan fingerprint density at radius 3 is 1.32 bits per heavy atom. The number of carbonyl (C=O) groups excluding carboxylic acids is 1. The van der Waals surface area contributed by atoms with E-state index in [0.29, 0.717) is 17.4 Å². The maximum Gasteiger partial charge on any atom is 0.472 e. The molecule has 65 heavy (non-hydrogen) atoms. The zero-order valence-electron chi connectivity index (χ0n) is 43.5. The Kier molecular flexibility index (Phi) is 46.4. The predicted octanol–water partition coefficient (Wildman–Crippen LogP) is 16.4. The third-order valence-electron chi connectivity index (χ3n) is 12.3. The van der Waals surface area contributed by atoms with Crippen LogP contribution in [0.3, 0.4) is 0 Å². The zero-order valence-corrected chi connectivity index (χ0v) is 44.4. The summed E-state index contributed by atoms with van der Waals surface area (Å²) in [6, 6.07) is -0.864. The minimum absolute atomic E-state index is 0.0557. The topological polar surface area (TPSA) is 105 Å². The third kappa shape index (κ3) is 50.2. The first-order valence-corrected chi connectivity index (χ1v) is 29.0. The van der Waals surface area contributed by atoms with Crippen molar-refractivity contribution in [2.75, 3.05) is 40.9 Å². The normalized spacial score (nSPS) is 14.4. The highest BCUT2D eigenvalue weighted by molar-refractivity contribution is 7.47. The molecule has 0 heterocycles. The Morgan fingerprint density at radius 1 is 0.523 bits per heavy atom. The molecule has 8 nitrogen and oxygen atoms in total. The number of aliphatic hydroxyl groups excluding tert-OH is 1. The standard InChI is InChI=1S/C56H107N2O6P/c1-6-8-10-12-14-16-18-20-22-24-26-27-28-29-30-31-32-34-36-38-40-42-44-46-48-50-56(60)57-54(53-64-65(61,62)63-52-51-58(3,4)5)55(59)49-47-45-43-41-39-37-35-33-25-23-21-19-17-15-13-11-9-7-2/h18,20,24,26,39,41,47,49,54-55,59H,6-17,19,21-23,25,27-38,40,42-46,48,50-53H2,1-5H3,(H-,57,60,61,62)/p+1/b20-18-,26-24-,41-39+,49-47+. The van der Waals surface area contributed by atoms with Gasteiger partial charge < -0.3 is 19.8 Å². The van der Waals surface area contributed by atoms with Gasteiger partial charge in [0.2, 0.25) is 5.91 Å². The highest BCUT2D eigenvalue weighted by Gasteiger charge is 2.27. The maximum atomic E-state index is 13.0. The van der Waals surface area contributed by atoms with Crippen LogP contribution in [-0.2, 0) is 18.4 Å². The van der Waals surface area contributed by atoms with Crippen LogP contribution in [0, 0.1) is 0 Å². The molecule has 0 aliphatic rings. The number of nitrogens with one attached hydrogen (secondary N) is 1. The van der Waals surface area contributed by atoms with Crippen molar-refractivity contribution >= 4 is 13.7 Å². The number of carbonyl (C=O) groups is 1. The number of phosphoric ester groups is 1. The van der Waals surface area contributed by atoms with Crippen LogP contribution in [0.4, 0.5) is 0 Å². The van der Waals surface area contributed by atoms with Crippen molar-refractivity contribution in [2.45, 2.75) is 264 Å². The van der Waals surface area contributed by atoms with Crippen LogP contribution in [0.1, 0.15) is 251 Å². The monoisotopic (exact) mass is 936 g/mol. The number of rotatable bonds is 50. The number of unbranched alkanes of at least 4 members (excludes halogenated alkanes) is 31. The molecule has 0 fully saturated rings. The molecule has 0 radical (unpaired) electrons. The number of phosphoric acid groups is 1. The highest BCUT2D eigenvalue weighted by Crippen LogP contribution is 2.43. The van der Waals surface area contributed by atoms with Gasteiger partial charge in [-0.3, -0.25) is 13.8 Å². The summed E-state index contributed by atoms with van der Waals surface area (Å²) in [5.74, 6) is -0.187. The van der Waals surface area contributed by atoms with Gasteiger partial charge in [-0.05, 0) is 64.2 Å². The fourth-order valence-corrected chi connectivity index (χ4v) is 8.65. The van der Waals surface area contributed by atoms with E-state index in [1.807, 2.05) is 27.2 Å². The summed E-state index contributed by atoms with van der Waals surface area (Å²) in [6.07, 6.45) is 62.0. The SMILES string of the molecule is CCCCCCC/C=C\C/C=C\CCCCCCCCCCCCCCCC(=O)NC(COP(=O)(O)OCC[N+](C)(C)C)C(O)/C=C/CC/C=C/CCCCCCCCCCCCCC. The van der Waals surface area contributed by atoms with Crippen LogP contribution < -0.4 is 5.32 Å². The lowest BCUT2D eigenvalue weighted by Crippen LogP contribution is -2.45. The Labute approximate surface area is 403 Å². The van der Waals surface area contributed by atoms with Gasteiger partial charge in [-0.15, -0.1) is 0 Å². The first-order valence-electron chi connectivity index (χ1n) is 27.5. The number of likely N-dealkylation sites (N-methyl/N-ethyl adjacent to an activating group) is 1. The molecule has 0 aliphatic carbocycles. The van der Waals surface area contributed by atoms with Crippen molar-refractivity contribution in [1.82, 2.24) is 5.32 Å². The van der Waals surface area contributed by atoms with E-state index in [-0.39, 0.29) is 19.1 Å². The lowest BCUT2D eigenvalue weighted by molar-refractivity contribution is -0.870. The Bertz CT molecular complexity index is 1200. The van der Waals surface area contributed by atoms with E-state index in [1.54, 1.807) is 6.08 Å². The number of aliphatic hydroxyl groups is 1. The molecule has 3 N–H and O–H groups in total. The van der Waals surface area contributed by atoms with Crippen molar-refractivity contribution in [3.05, 3.63) is 48.6 Å². The Morgan fingerprint density at radius 2 is 0.892 bits per heavy atom. The Hall–Kier alpha value is -1.54. The summed E-state index contributed by atoms with van der Waals surface area (Å²) in [5, 5.41) is 13.9. The van der Waals surface area contributed by atoms with Crippen molar-refractivity contribution in [3.8, 4) is 0 Å². The lowest BCUT2D eigenvalue weighted by atomic mass is 10.0. The van der Waals surface area contributed by atoms with Gasteiger partial charge in [0.15, 0.2) is 0 Å². The largest absolute Gasteiger partial charge is 0.472 e. The van der Waals surface area contributed by atoms with E-state index in [0.717, 1.165) is 44.9 Å². The lowest BCUT2D eigenvalue weighted by Gasteiger charge is -2.25. The fraction of sp³-hybridized carbons (Fsp3) is 0.839. The number of amides is 1. The molecular formula is C56H108N2O6P+. The highest BCUT2D eigenvalue weighted by atomic mass is 31.2. The summed E-state index contributed by atoms with van der Waals surface area (Å²) in [4.78, 5) is 23.3.